The average molecular weight is 465 g/mol. The Labute approximate surface area is 199 Å². The summed E-state index contributed by atoms with van der Waals surface area (Å²) in [6.45, 7) is 1.00. The summed E-state index contributed by atoms with van der Waals surface area (Å²) in [5.41, 5.74) is 4.24. The van der Waals surface area contributed by atoms with Gasteiger partial charge in [0.1, 0.15) is 6.10 Å². The van der Waals surface area contributed by atoms with Crippen LogP contribution in [0.3, 0.4) is 0 Å². The van der Waals surface area contributed by atoms with Crippen molar-refractivity contribution in [3.05, 3.63) is 53.1 Å². The molecule has 1 saturated heterocycles. The van der Waals surface area contributed by atoms with Crippen molar-refractivity contribution in [2.24, 2.45) is 5.92 Å². The van der Waals surface area contributed by atoms with Gasteiger partial charge in [0.25, 0.3) is 0 Å². The van der Waals surface area contributed by atoms with E-state index in [1.54, 1.807) is 13.2 Å². The van der Waals surface area contributed by atoms with Crippen LogP contribution in [0.2, 0.25) is 0 Å². The number of carbonyl (C=O) groups is 1. The molecule has 2 aliphatic carbocycles. The molecule has 2 fully saturated rings. The molecule has 0 amide bonds. The van der Waals surface area contributed by atoms with Gasteiger partial charge in [0.2, 0.25) is 0 Å². The molecule has 4 aliphatic rings. The lowest BCUT2D eigenvalue weighted by Crippen LogP contribution is -2.68. The maximum Gasteiger partial charge on any atom is 0.303 e. The number of piperidine rings is 1. The largest absolute Gasteiger partial charge is 0.504 e. The van der Waals surface area contributed by atoms with Crippen molar-refractivity contribution in [1.82, 2.24) is 4.90 Å². The first-order chi connectivity index (χ1) is 16.5. The van der Waals surface area contributed by atoms with Crippen LogP contribution in [0.5, 0.6) is 11.5 Å². The van der Waals surface area contributed by atoms with E-state index >= 15 is 0 Å². The molecule has 2 aliphatic heterocycles. The zero-order valence-corrected chi connectivity index (χ0v) is 19.7. The number of carboxylic acids is 1. The Morgan fingerprint density at radius 1 is 1.26 bits per heavy atom. The van der Waals surface area contributed by atoms with Crippen LogP contribution in [-0.2, 0) is 27.9 Å². The number of rotatable bonds is 6. The van der Waals surface area contributed by atoms with Gasteiger partial charge >= 0.3 is 5.97 Å². The predicted molar refractivity (Wildman–Crippen MR) is 127 cm³/mol. The SMILES string of the molecule is CON(c1ccccc1CCC(=O)O)[C@@H]1CC[C@H]2[C@H]3Cc4ccc(O)c5c4[C@@]2(CCN3C)[C@H]1O5. The van der Waals surface area contributed by atoms with Crippen molar-refractivity contribution in [2.75, 3.05) is 25.8 Å². The number of phenols is 1. The molecule has 1 spiro atoms. The van der Waals surface area contributed by atoms with Crippen molar-refractivity contribution in [3.63, 3.8) is 0 Å². The van der Waals surface area contributed by atoms with Gasteiger partial charge in [-0.2, -0.15) is 0 Å². The summed E-state index contributed by atoms with van der Waals surface area (Å²) in [5, 5.41) is 22.0. The molecule has 2 N–H and O–H groups in total. The Bertz CT molecular complexity index is 1140. The molecule has 7 nitrogen and oxygen atoms in total. The number of aryl methyl sites for hydroxylation is 1. The number of likely N-dealkylation sites (N-methyl/N-ethyl adjacent to an activating group) is 1. The molecule has 2 aromatic carbocycles. The molecule has 2 heterocycles. The summed E-state index contributed by atoms with van der Waals surface area (Å²) in [6.07, 6.45) is 4.33. The molecule has 2 aromatic rings. The lowest BCUT2D eigenvalue weighted by Gasteiger charge is -2.59. The first kappa shape index (κ1) is 21.7. The summed E-state index contributed by atoms with van der Waals surface area (Å²) in [5.74, 6) is 0.556. The fraction of sp³-hybridized carbons (Fsp3) is 0.519. The molecule has 6 rings (SSSR count). The van der Waals surface area contributed by atoms with E-state index in [-0.39, 0.29) is 29.7 Å². The van der Waals surface area contributed by atoms with Gasteiger partial charge in [0, 0.05) is 23.4 Å². The molecule has 34 heavy (non-hydrogen) atoms. The predicted octanol–water partition coefficient (Wildman–Crippen LogP) is 3.52. The minimum absolute atomic E-state index is 0.0472. The Hall–Kier alpha value is -2.77. The lowest BCUT2D eigenvalue weighted by atomic mass is 9.51. The summed E-state index contributed by atoms with van der Waals surface area (Å²) in [6, 6.07) is 12.2. The van der Waals surface area contributed by atoms with Gasteiger partial charge in [-0.15, -0.1) is 0 Å². The number of phenolic OH excluding ortho intramolecular Hbond substituents is 1. The third kappa shape index (κ3) is 2.93. The number of ether oxygens (including phenoxy) is 1. The van der Waals surface area contributed by atoms with Gasteiger partial charge in [0.05, 0.1) is 18.8 Å². The van der Waals surface area contributed by atoms with Crippen LogP contribution in [-0.4, -0.2) is 60.0 Å². The normalized spacial score (nSPS) is 31.0. The topological polar surface area (TPSA) is 82.5 Å². The van der Waals surface area contributed by atoms with Crippen molar-refractivity contribution in [3.8, 4) is 11.5 Å². The molecule has 2 bridgehead atoms. The van der Waals surface area contributed by atoms with E-state index in [0.717, 1.165) is 43.5 Å². The number of carboxylic acid groups (broad SMARTS) is 1. The highest BCUT2D eigenvalue weighted by Gasteiger charge is 2.66. The Morgan fingerprint density at radius 3 is 2.88 bits per heavy atom. The molecule has 0 unspecified atom stereocenters. The maximum atomic E-state index is 11.3. The first-order valence-electron chi connectivity index (χ1n) is 12.3. The summed E-state index contributed by atoms with van der Waals surface area (Å²) in [7, 11) is 3.92. The van der Waals surface area contributed by atoms with Crippen LogP contribution in [0, 0.1) is 5.92 Å². The number of hydrogen-bond acceptors (Lipinski definition) is 6. The van der Waals surface area contributed by atoms with Crippen molar-refractivity contribution >= 4 is 11.7 Å². The minimum Gasteiger partial charge on any atom is -0.504 e. The third-order valence-electron chi connectivity index (χ3n) is 8.90. The summed E-state index contributed by atoms with van der Waals surface area (Å²) < 4.78 is 6.72. The number of likely N-dealkylation sites (tertiary alicyclic amines) is 1. The molecule has 180 valence electrons. The molecule has 5 atom stereocenters. The summed E-state index contributed by atoms with van der Waals surface area (Å²) >= 11 is 0. The van der Waals surface area contributed by atoms with E-state index in [4.69, 9.17) is 9.57 Å². The van der Waals surface area contributed by atoms with E-state index < -0.39 is 5.97 Å². The fourth-order valence-electron chi connectivity index (χ4n) is 7.54. The first-order valence-corrected chi connectivity index (χ1v) is 12.3. The molecule has 0 radical (unpaired) electrons. The fourth-order valence-corrected chi connectivity index (χ4v) is 7.54. The molecule has 1 saturated carbocycles. The van der Waals surface area contributed by atoms with Crippen molar-refractivity contribution < 1.29 is 24.6 Å². The van der Waals surface area contributed by atoms with Crippen LogP contribution >= 0.6 is 0 Å². The zero-order chi connectivity index (χ0) is 23.6. The minimum atomic E-state index is -0.810. The number of nitrogens with zero attached hydrogens (tertiary/aromatic N) is 2. The number of hydroxylamine groups is 1. The standard InChI is InChI=1S/C27H32N2O5/c1-28-14-13-27-18-9-10-20(29(33-2)19-6-4-3-5-16(19)8-12-23(31)32)26(27)34-25-22(30)11-7-17(24(25)27)15-21(18)28/h3-7,11,18,20-21,26,30H,8-10,12-15H2,1-2H3,(H,31,32)/t18-,20+,21+,26-,27-/m0/s1. The van der Waals surface area contributed by atoms with Gasteiger partial charge in [0.15, 0.2) is 11.5 Å². The number of aliphatic carboxylic acids is 1. The van der Waals surface area contributed by atoms with Crippen LogP contribution in [0.25, 0.3) is 0 Å². The number of hydrogen-bond donors (Lipinski definition) is 2. The van der Waals surface area contributed by atoms with E-state index in [1.807, 2.05) is 29.3 Å². The van der Waals surface area contributed by atoms with Gasteiger partial charge in [-0.25, -0.2) is 5.06 Å². The highest BCUT2D eigenvalue weighted by molar-refractivity contribution is 5.68. The number of aromatic hydroxyl groups is 1. The van der Waals surface area contributed by atoms with Crippen LogP contribution in [0.4, 0.5) is 5.69 Å². The quantitative estimate of drug-likeness (QED) is 0.633. The molecular formula is C27H32N2O5. The van der Waals surface area contributed by atoms with E-state index in [0.29, 0.717) is 24.1 Å². The lowest BCUT2D eigenvalue weighted by molar-refractivity contribution is -0.136. The maximum absolute atomic E-state index is 11.3. The Morgan fingerprint density at radius 2 is 2.09 bits per heavy atom. The van der Waals surface area contributed by atoms with E-state index in [1.165, 1.54) is 11.1 Å². The monoisotopic (exact) mass is 464 g/mol. The van der Waals surface area contributed by atoms with Gasteiger partial charge < -0.3 is 19.8 Å². The van der Waals surface area contributed by atoms with Gasteiger partial charge in [-0.3, -0.25) is 9.63 Å². The smallest absolute Gasteiger partial charge is 0.303 e. The second-order valence-electron chi connectivity index (χ2n) is 10.3. The van der Waals surface area contributed by atoms with Crippen LogP contribution in [0.1, 0.15) is 42.4 Å². The zero-order valence-electron chi connectivity index (χ0n) is 19.7. The summed E-state index contributed by atoms with van der Waals surface area (Å²) in [4.78, 5) is 19.8. The van der Waals surface area contributed by atoms with E-state index in [2.05, 4.69) is 18.0 Å². The van der Waals surface area contributed by atoms with Crippen molar-refractivity contribution in [2.45, 2.75) is 62.1 Å². The highest BCUT2D eigenvalue weighted by atomic mass is 16.7. The second-order valence-corrected chi connectivity index (χ2v) is 10.3. The average Bonchev–Trinajstić information content (AvgIpc) is 3.19. The number of para-hydroxylation sites is 1. The van der Waals surface area contributed by atoms with Crippen LogP contribution in [0.15, 0.2) is 36.4 Å². The third-order valence-corrected chi connectivity index (χ3v) is 8.90. The molecule has 7 heteroatoms. The molecule has 0 aromatic heterocycles. The highest BCUT2D eigenvalue weighted by Crippen LogP contribution is 2.64. The molecular weight excluding hydrogens is 432 g/mol. The van der Waals surface area contributed by atoms with Gasteiger partial charge in [-0.05, 0) is 74.9 Å². The van der Waals surface area contributed by atoms with Crippen molar-refractivity contribution in [1.29, 1.82) is 0 Å². The van der Waals surface area contributed by atoms with Gasteiger partial charge in [-0.1, -0.05) is 24.3 Å². The number of anilines is 1. The van der Waals surface area contributed by atoms with Crippen LogP contribution < -0.4 is 9.80 Å². The Balaban J connectivity index is 1.44. The second kappa shape index (κ2) is 7.89. The number of benzene rings is 2. The Kier molecular flexibility index (Phi) is 5.04. The van der Waals surface area contributed by atoms with E-state index in [9.17, 15) is 15.0 Å².